The van der Waals surface area contributed by atoms with Gasteiger partial charge in [-0.3, -0.25) is 0 Å². The quantitative estimate of drug-likeness (QED) is 0.879. The number of aryl methyl sites for hydroxylation is 2. The van der Waals surface area contributed by atoms with Gasteiger partial charge in [-0.05, 0) is 35.3 Å². The molecule has 3 nitrogen and oxygen atoms in total. The van der Waals surface area contributed by atoms with E-state index < -0.39 is 0 Å². The van der Waals surface area contributed by atoms with Crippen molar-refractivity contribution in [1.29, 1.82) is 0 Å². The number of benzene rings is 1. The SMILES string of the molecule is Cc1cc(C)cc(Cc2nc(N)c(Br)c(C(C)(C)C)n2)c1. The first kappa shape index (κ1) is 16.0. The maximum absolute atomic E-state index is 6.03. The minimum Gasteiger partial charge on any atom is -0.383 e. The zero-order valence-corrected chi connectivity index (χ0v) is 14.9. The smallest absolute Gasteiger partial charge is 0.141 e. The first-order valence-electron chi connectivity index (χ1n) is 7.06. The minimum atomic E-state index is -0.0762. The summed E-state index contributed by atoms with van der Waals surface area (Å²) in [6.45, 7) is 10.6. The monoisotopic (exact) mass is 347 g/mol. The molecule has 0 saturated carbocycles. The van der Waals surface area contributed by atoms with Gasteiger partial charge in [-0.2, -0.15) is 0 Å². The molecule has 0 fully saturated rings. The lowest BCUT2D eigenvalue weighted by Gasteiger charge is -2.21. The molecule has 1 heterocycles. The van der Waals surface area contributed by atoms with E-state index in [-0.39, 0.29) is 5.41 Å². The van der Waals surface area contributed by atoms with Crippen LogP contribution in [0.25, 0.3) is 0 Å². The first-order valence-corrected chi connectivity index (χ1v) is 7.85. The number of nitrogen functional groups attached to an aromatic ring is 1. The second-order valence-electron chi connectivity index (χ2n) is 6.61. The summed E-state index contributed by atoms with van der Waals surface area (Å²) in [5.74, 6) is 1.28. The van der Waals surface area contributed by atoms with Crippen LogP contribution in [0.5, 0.6) is 0 Å². The molecule has 0 radical (unpaired) electrons. The van der Waals surface area contributed by atoms with E-state index in [0.29, 0.717) is 12.2 Å². The lowest BCUT2D eigenvalue weighted by molar-refractivity contribution is 0.560. The number of aromatic nitrogens is 2. The van der Waals surface area contributed by atoms with Crippen LogP contribution in [0.1, 0.15) is 49.0 Å². The van der Waals surface area contributed by atoms with Gasteiger partial charge >= 0.3 is 0 Å². The Balaban J connectivity index is 2.43. The summed E-state index contributed by atoms with van der Waals surface area (Å²) < 4.78 is 0.805. The van der Waals surface area contributed by atoms with Crippen LogP contribution < -0.4 is 5.73 Å². The summed E-state index contributed by atoms with van der Waals surface area (Å²) in [6, 6.07) is 6.51. The number of nitrogens with two attached hydrogens (primary N) is 1. The van der Waals surface area contributed by atoms with Gasteiger partial charge in [0, 0.05) is 11.8 Å². The molecule has 0 bridgehead atoms. The third kappa shape index (κ3) is 3.82. The summed E-state index contributed by atoms with van der Waals surface area (Å²) in [4.78, 5) is 9.14. The molecule has 2 N–H and O–H groups in total. The van der Waals surface area contributed by atoms with Crippen LogP contribution in [-0.4, -0.2) is 9.97 Å². The van der Waals surface area contributed by atoms with E-state index >= 15 is 0 Å². The second-order valence-corrected chi connectivity index (χ2v) is 7.40. The largest absolute Gasteiger partial charge is 0.383 e. The topological polar surface area (TPSA) is 51.8 Å². The molecular weight excluding hydrogens is 326 g/mol. The Morgan fingerprint density at radius 1 is 1.05 bits per heavy atom. The van der Waals surface area contributed by atoms with E-state index in [9.17, 15) is 0 Å². The fraction of sp³-hybridized carbons (Fsp3) is 0.412. The third-order valence-electron chi connectivity index (χ3n) is 3.28. The molecule has 0 saturated heterocycles. The van der Waals surface area contributed by atoms with Crippen LogP contribution in [0, 0.1) is 13.8 Å². The molecule has 4 heteroatoms. The molecule has 0 aliphatic heterocycles. The highest BCUT2D eigenvalue weighted by atomic mass is 79.9. The maximum Gasteiger partial charge on any atom is 0.141 e. The number of anilines is 1. The Hall–Kier alpha value is -1.42. The molecule has 0 aliphatic carbocycles. The Morgan fingerprint density at radius 2 is 1.62 bits per heavy atom. The van der Waals surface area contributed by atoms with E-state index in [1.165, 1.54) is 16.7 Å². The van der Waals surface area contributed by atoms with Crippen LogP contribution in [0.4, 0.5) is 5.82 Å². The molecule has 0 amide bonds. The van der Waals surface area contributed by atoms with E-state index in [2.05, 4.69) is 73.7 Å². The van der Waals surface area contributed by atoms with Crippen molar-refractivity contribution in [3.05, 3.63) is 50.9 Å². The van der Waals surface area contributed by atoms with Crippen molar-refractivity contribution in [3.8, 4) is 0 Å². The fourth-order valence-corrected chi connectivity index (χ4v) is 3.21. The van der Waals surface area contributed by atoms with Crippen molar-refractivity contribution in [2.75, 3.05) is 5.73 Å². The molecule has 0 atom stereocenters. The summed E-state index contributed by atoms with van der Waals surface area (Å²) in [6.07, 6.45) is 0.698. The van der Waals surface area contributed by atoms with Gasteiger partial charge in [0.25, 0.3) is 0 Å². The third-order valence-corrected chi connectivity index (χ3v) is 4.06. The molecule has 0 spiro atoms. The van der Waals surface area contributed by atoms with Gasteiger partial charge < -0.3 is 5.73 Å². The van der Waals surface area contributed by atoms with Gasteiger partial charge in [-0.25, -0.2) is 9.97 Å². The zero-order valence-electron chi connectivity index (χ0n) is 13.3. The van der Waals surface area contributed by atoms with Crippen LogP contribution >= 0.6 is 15.9 Å². The fourth-order valence-electron chi connectivity index (χ4n) is 2.44. The number of halogens is 1. The molecule has 0 unspecified atom stereocenters. The Morgan fingerprint density at radius 3 is 2.14 bits per heavy atom. The first-order chi connectivity index (χ1) is 9.66. The number of hydrogen-bond donors (Lipinski definition) is 1. The van der Waals surface area contributed by atoms with Gasteiger partial charge in [0.15, 0.2) is 0 Å². The predicted octanol–water partition coefficient (Wildman–Crippen LogP) is 4.33. The van der Waals surface area contributed by atoms with Gasteiger partial charge in [0.05, 0.1) is 10.2 Å². The number of rotatable bonds is 2. The Bertz CT molecular complexity index is 652. The molecule has 1 aromatic carbocycles. The van der Waals surface area contributed by atoms with Crippen molar-refractivity contribution in [2.45, 2.75) is 46.5 Å². The van der Waals surface area contributed by atoms with Gasteiger partial charge in [-0.1, -0.05) is 50.1 Å². The summed E-state index contributed by atoms with van der Waals surface area (Å²) >= 11 is 3.51. The van der Waals surface area contributed by atoms with Crippen LogP contribution in [0.3, 0.4) is 0 Å². The van der Waals surface area contributed by atoms with Gasteiger partial charge in [-0.15, -0.1) is 0 Å². The van der Waals surface area contributed by atoms with E-state index in [0.717, 1.165) is 16.0 Å². The van der Waals surface area contributed by atoms with Crippen LogP contribution in [0.2, 0.25) is 0 Å². The van der Waals surface area contributed by atoms with Crippen molar-refractivity contribution < 1.29 is 0 Å². The second kappa shape index (κ2) is 5.76. The average Bonchev–Trinajstić information content (AvgIpc) is 2.30. The normalized spacial score (nSPS) is 11.7. The van der Waals surface area contributed by atoms with E-state index in [1.807, 2.05) is 0 Å². The highest BCUT2D eigenvalue weighted by molar-refractivity contribution is 9.10. The highest BCUT2D eigenvalue weighted by Gasteiger charge is 2.22. The van der Waals surface area contributed by atoms with Gasteiger partial charge in [0.2, 0.25) is 0 Å². The Kier molecular flexibility index (Phi) is 4.38. The summed E-state index contributed by atoms with van der Waals surface area (Å²) in [5.41, 5.74) is 10.6. The molecule has 21 heavy (non-hydrogen) atoms. The standard InChI is InChI=1S/C17H22BrN3/c1-10-6-11(2)8-12(7-10)9-13-20-15(17(3,4)5)14(18)16(19)21-13/h6-8H,9H2,1-5H3,(H2,19,20,21). The summed E-state index contributed by atoms with van der Waals surface area (Å²) in [5, 5.41) is 0. The summed E-state index contributed by atoms with van der Waals surface area (Å²) in [7, 11) is 0. The van der Waals surface area contributed by atoms with Crippen molar-refractivity contribution in [1.82, 2.24) is 9.97 Å². The maximum atomic E-state index is 6.03. The van der Waals surface area contributed by atoms with Gasteiger partial charge in [0.1, 0.15) is 11.6 Å². The predicted molar refractivity (Wildman–Crippen MR) is 91.6 cm³/mol. The molecule has 2 rings (SSSR count). The van der Waals surface area contributed by atoms with Crippen molar-refractivity contribution in [3.63, 3.8) is 0 Å². The van der Waals surface area contributed by atoms with Crippen molar-refractivity contribution in [2.24, 2.45) is 0 Å². The zero-order chi connectivity index (χ0) is 15.8. The Labute approximate surface area is 135 Å². The number of hydrogen-bond acceptors (Lipinski definition) is 3. The van der Waals surface area contributed by atoms with Crippen molar-refractivity contribution >= 4 is 21.7 Å². The molecule has 0 aliphatic rings. The molecule has 2 aromatic rings. The van der Waals surface area contributed by atoms with Crippen LogP contribution in [0.15, 0.2) is 22.7 Å². The highest BCUT2D eigenvalue weighted by Crippen LogP contribution is 2.31. The van der Waals surface area contributed by atoms with E-state index in [4.69, 9.17) is 10.7 Å². The van der Waals surface area contributed by atoms with Crippen LogP contribution in [-0.2, 0) is 11.8 Å². The molecule has 1 aromatic heterocycles. The molecule has 112 valence electrons. The lowest BCUT2D eigenvalue weighted by atomic mass is 9.91. The number of nitrogens with zero attached hydrogens (tertiary/aromatic N) is 2. The lowest BCUT2D eigenvalue weighted by Crippen LogP contribution is -2.18. The molecular formula is C17H22BrN3. The van der Waals surface area contributed by atoms with E-state index in [1.54, 1.807) is 0 Å². The minimum absolute atomic E-state index is 0.0762. The average molecular weight is 348 g/mol.